The van der Waals surface area contributed by atoms with Crippen LogP contribution in [0.3, 0.4) is 0 Å². The van der Waals surface area contributed by atoms with Crippen LogP contribution in [0.4, 0.5) is 0 Å². The third kappa shape index (κ3) is 1.85. The highest BCUT2D eigenvalue weighted by Gasteiger charge is 2.12. The van der Waals surface area contributed by atoms with Crippen LogP contribution in [-0.4, -0.2) is 0 Å². The van der Waals surface area contributed by atoms with Gasteiger partial charge in [-0.3, -0.25) is 22.1 Å². The molecular formula is H9N6OP. The molecule has 0 bridgehead atoms. The molecule has 0 radical (unpaired) electrons. The minimum Gasteiger partial charge on any atom is -0.267 e. The van der Waals surface area contributed by atoms with Crippen molar-refractivity contribution in [2.24, 2.45) is 17.5 Å². The molecular weight excluding hydrogens is 131 g/mol. The molecule has 9 N–H and O–H groups in total. The lowest BCUT2D eigenvalue weighted by atomic mass is 12.9. The van der Waals surface area contributed by atoms with Gasteiger partial charge in [0.2, 0.25) is 0 Å². The molecule has 0 aliphatic heterocycles. The van der Waals surface area contributed by atoms with Crippen LogP contribution in [0.5, 0.6) is 0 Å². The zero-order valence-electron chi connectivity index (χ0n) is 4.09. The maximum Gasteiger partial charge on any atom is 0.317 e. The second-order valence-corrected chi connectivity index (χ2v) is 2.99. The molecule has 0 aliphatic rings. The van der Waals surface area contributed by atoms with E-state index < -0.39 is 7.59 Å². The Kier molecular flexibility index (Phi) is 3.10. The molecule has 0 aromatic rings. The van der Waals surface area contributed by atoms with Gasteiger partial charge in [-0.1, -0.05) is 0 Å². The van der Waals surface area contributed by atoms with E-state index in [2.05, 4.69) is 0 Å². The number of hydrazine groups is 3. The van der Waals surface area contributed by atoms with E-state index in [1.165, 1.54) is 0 Å². The Bertz CT molecular complexity index is 79.7. The van der Waals surface area contributed by atoms with Gasteiger partial charge in [0.05, 0.1) is 0 Å². The van der Waals surface area contributed by atoms with Crippen molar-refractivity contribution in [2.75, 3.05) is 0 Å². The lowest BCUT2D eigenvalue weighted by Crippen LogP contribution is -2.41. The second kappa shape index (κ2) is 3.10. The van der Waals surface area contributed by atoms with Gasteiger partial charge < -0.3 is 0 Å². The minimum atomic E-state index is -3.08. The van der Waals surface area contributed by atoms with Gasteiger partial charge in [0.1, 0.15) is 0 Å². The van der Waals surface area contributed by atoms with Gasteiger partial charge in [-0.15, -0.1) is 0 Å². The van der Waals surface area contributed by atoms with Gasteiger partial charge in [-0.25, -0.2) is 0 Å². The van der Waals surface area contributed by atoms with Gasteiger partial charge in [0.15, 0.2) is 0 Å². The first-order valence-corrected chi connectivity index (χ1v) is 3.43. The number of nitrogens with one attached hydrogen (secondary N) is 3. The number of hydrogen-bond acceptors (Lipinski definition) is 4. The van der Waals surface area contributed by atoms with E-state index in [-0.39, 0.29) is 0 Å². The topological polar surface area (TPSA) is 131 Å². The monoisotopic (exact) mass is 140 g/mol. The summed E-state index contributed by atoms with van der Waals surface area (Å²) in [6.07, 6.45) is 0. The van der Waals surface area contributed by atoms with E-state index in [0.29, 0.717) is 0 Å². The molecule has 8 heteroatoms. The van der Waals surface area contributed by atoms with Crippen molar-refractivity contribution < 1.29 is 4.57 Å². The van der Waals surface area contributed by atoms with Crippen LogP contribution in [0, 0.1) is 0 Å². The average Bonchev–Trinajstić information content (AvgIpc) is 1.87. The average molecular weight is 140 g/mol. The Morgan fingerprint density at radius 2 is 1.25 bits per heavy atom. The van der Waals surface area contributed by atoms with Gasteiger partial charge in [0.25, 0.3) is 0 Å². The Hall–Kier alpha value is -0.0100. The summed E-state index contributed by atoms with van der Waals surface area (Å²) in [7, 11) is -3.08. The van der Waals surface area contributed by atoms with Crippen molar-refractivity contribution in [3.63, 3.8) is 0 Å². The molecule has 0 aromatic heterocycles. The number of nitrogens with two attached hydrogens (primary N) is 3. The zero-order chi connectivity index (χ0) is 6.62. The molecule has 50 valence electrons. The van der Waals surface area contributed by atoms with Crippen molar-refractivity contribution in [3.05, 3.63) is 0 Å². The lowest BCUT2D eigenvalue weighted by Gasteiger charge is -2.11. The van der Waals surface area contributed by atoms with Gasteiger partial charge in [-0.05, 0) is 0 Å². The summed E-state index contributed by atoms with van der Waals surface area (Å²) in [5, 5.41) is 5.58. The highest BCUT2D eigenvalue weighted by atomic mass is 31.2. The quantitative estimate of drug-likeness (QED) is 0.145. The van der Waals surface area contributed by atoms with E-state index in [9.17, 15) is 4.57 Å². The zero-order valence-corrected chi connectivity index (χ0v) is 4.98. The molecule has 0 amide bonds. The van der Waals surface area contributed by atoms with E-state index in [4.69, 9.17) is 17.5 Å². The van der Waals surface area contributed by atoms with Crippen LogP contribution in [0.2, 0.25) is 0 Å². The van der Waals surface area contributed by atoms with Gasteiger partial charge in [-0.2, -0.15) is 15.6 Å². The summed E-state index contributed by atoms with van der Waals surface area (Å²) < 4.78 is 10.6. The second-order valence-electron chi connectivity index (χ2n) is 0.997. The third-order valence-corrected chi connectivity index (χ3v) is 1.64. The summed E-state index contributed by atoms with van der Waals surface area (Å²) in [4.78, 5) is 0. The van der Waals surface area contributed by atoms with E-state index in [1.54, 1.807) is 0 Å². The first-order valence-electron chi connectivity index (χ1n) is 1.72. The van der Waals surface area contributed by atoms with Crippen LogP contribution in [0.15, 0.2) is 0 Å². The van der Waals surface area contributed by atoms with E-state index in [0.717, 1.165) is 0 Å². The Balaban J connectivity index is 3.79. The molecule has 0 saturated heterocycles. The van der Waals surface area contributed by atoms with Crippen molar-refractivity contribution in [1.29, 1.82) is 0 Å². The molecule has 0 heterocycles. The smallest absolute Gasteiger partial charge is 0.267 e. The summed E-state index contributed by atoms with van der Waals surface area (Å²) >= 11 is 0. The molecule has 7 nitrogen and oxygen atoms in total. The van der Waals surface area contributed by atoms with Crippen molar-refractivity contribution in [2.45, 2.75) is 0 Å². The molecule has 0 saturated carbocycles. The molecule has 0 atom stereocenters. The largest absolute Gasteiger partial charge is 0.317 e. The predicted octanol–water partition coefficient (Wildman–Crippen LogP) is -2.52. The normalized spacial score (nSPS) is 11.9. The number of hydrogen-bond donors (Lipinski definition) is 6. The van der Waals surface area contributed by atoms with Crippen LogP contribution in [0.1, 0.15) is 0 Å². The first-order chi connectivity index (χ1) is 3.68. The van der Waals surface area contributed by atoms with E-state index >= 15 is 0 Å². The lowest BCUT2D eigenvalue weighted by molar-refractivity contribution is 0.545. The standard InChI is InChI=1S/H9N6OP/c1-4-8(7,5-2)6-3/h1-3H2,(H3,4,5,6,7). The van der Waals surface area contributed by atoms with Crippen molar-refractivity contribution >= 4 is 7.59 Å². The fourth-order valence-electron chi connectivity index (χ4n) is 0.112. The molecule has 0 fully saturated rings. The maximum absolute atomic E-state index is 10.6. The van der Waals surface area contributed by atoms with Crippen LogP contribution < -0.4 is 33.1 Å². The number of rotatable bonds is 3. The Morgan fingerprint density at radius 3 is 1.25 bits per heavy atom. The van der Waals surface area contributed by atoms with E-state index in [1.807, 2.05) is 15.6 Å². The molecule has 0 aliphatic carbocycles. The van der Waals surface area contributed by atoms with Crippen LogP contribution >= 0.6 is 7.59 Å². The van der Waals surface area contributed by atoms with Gasteiger partial charge >= 0.3 is 7.59 Å². The maximum atomic E-state index is 10.6. The molecule has 8 heavy (non-hydrogen) atoms. The highest BCUT2D eigenvalue weighted by Crippen LogP contribution is 2.22. The van der Waals surface area contributed by atoms with Crippen molar-refractivity contribution in [1.82, 2.24) is 15.6 Å². The first kappa shape index (κ1) is 7.99. The molecule has 0 spiro atoms. The summed E-state index contributed by atoms with van der Waals surface area (Å²) in [6.45, 7) is 0. The molecule has 0 rings (SSSR count). The SMILES string of the molecule is NNP(=O)(NN)NN. The summed E-state index contributed by atoms with van der Waals surface area (Å²) in [6, 6.07) is 0. The van der Waals surface area contributed by atoms with Crippen LogP contribution in [0.25, 0.3) is 0 Å². The minimum absolute atomic E-state index is 1.86. The van der Waals surface area contributed by atoms with Crippen molar-refractivity contribution in [3.8, 4) is 0 Å². The molecule has 0 unspecified atom stereocenters. The summed E-state index contributed by atoms with van der Waals surface area (Å²) in [5.74, 6) is 14.2. The summed E-state index contributed by atoms with van der Waals surface area (Å²) in [5.41, 5.74) is 0. The third-order valence-electron chi connectivity index (χ3n) is 0.545. The van der Waals surface area contributed by atoms with Gasteiger partial charge in [0, 0.05) is 0 Å². The highest BCUT2D eigenvalue weighted by molar-refractivity contribution is 7.57. The fraction of sp³-hybridized carbons (Fsp3) is 0. The predicted molar refractivity (Wildman–Crippen MR) is 29.6 cm³/mol. The van der Waals surface area contributed by atoms with Crippen LogP contribution in [-0.2, 0) is 4.57 Å². The fourth-order valence-corrected chi connectivity index (χ4v) is 0.335. The Morgan fingerprint density at radius 1 is 1.00 bits per heavy atom. The Labute approximate surface area is 46.4 Å². The molecule has 0 aromatic carbocycles.